The van der Waals surface area contributed by atoms with Gasteiger partial charge < -0.3 is 19.1 Å². The van der Waals surface area contributed by atoms with Crippen LogP contribution < -0.4 is 9.47 Å². The van der Waals surface area contributed by atoms with E-state index in [0.29, 0.717) is 24.7 Å². The Balaban J connectivity index is 1.94. The number of benzene rings is 1. The summed E-state index contributed by atoms with van der Waals surface area (Å²) in [6.07, 6.45) is 5.31. The molecule has 1 saturated heterocycles. The van der Waals surface area contributed by atoms with Crippen molar-refractivity contribution in [2.24, 2.45) is 5.92 Å². The van der Waals surface area contributed by atoms with Crippen molar-refractivity contribution < 1.29 is 19.1 Å². The minimum Gasteiger partial charge on any atom is -0.493 e. The molecule has 3 rings (SSSR count). The molecule has 0 aromatic heterocycles. The fourth-order valence-corrected chi connectivity index (χ4v) is 4.19. The van der Waals surface area contributed by atoms with E-state index in [1.807, 2.05) is 18.2 Å². The molecule has 0 unspecified atom stereocenters. The van der Waals surface area contributed by atoms with Crippen molar-refractivity contribution in [3.8, 4) is 11.5 Å². The predicted octanol–water partition coefficient (Wildman–Crippen LogP) is 3.08. The van der Waals surface area contributed by atoms with Crippen molar-refractivity contribution >= 4 is 0 Å². The van der Waals surface area contributed by atoms with Crippen molar-refractivity contribution in [2.75, 3.05) is 47.1 Å². The number of nitrogens with zero attached hydrogens (tertiary/aromatic N) is 2. The Hall–Kier alpha value is -2.28. The van der Waals surface area contributed by atoms with Crippen LogP contribution in [0.1, 0.15) is 30.7 Å². The van der Waals surface area contributed by atoms with Crippen molar-refractivity contribution in [1.29, 1.82) is 0 Å². The monoisotopic (exact) mass is 376 g/mol. The molecule has 1 heterocycles. The van der Waals surface area contributed by atoms with Crippen LogP contribution in [0.2, 0.25) is 0 Å². The summed E-state index contributed by atoms with van der Waals surface area (Å²) in [5.74, 6) is 1.17. The van der Waals surface area contributed by atoms with Gasteiger partial charge in [-0.15, -0.1) is 0 Å². The highest BCUT2D eigenvalue weighted by Crippen LogP contribution is 2.41. The van der Waals surface area contributed by atoms with E-state index in [0.717, 1.165) is 37.9 Å². The van der Waals surface area contributed by atoms with Crippen LogP contribution in [0, 0.1) is 16.0 Å². The van der Waals surface area contributed by atoms with Crippen LogP contribution in [-0.4, -0.2) is 56.9 Å². The molecule has 0 amide bonds. The molecule has 0 bridgehead atoms. The molecule has 7 nitrogen and oxygen atoms in total. The molecule has 148 valence electrons. The average molecular weight is 376 g/mol. The zero-order chi connectivity index (χ0) is 19.2. The van der Waals surface area contributed by atoms with Gasteiger partial charge in [0.25, 0.3) is 0 Å². The van der Waals surface area contributed by atoms with E-state index in [1.54, 1.807) is 14.2 Å². The fraction of sp³-hybridized carbons (Fsp3) is 0.600. The van der Waals surface area contributed by atoms with Gasteiger partial charge in [-0.2, -0.15) is 0 Å². The Morgan fingerprint density at radius 3 is 2.67 bits per heavy atom. The van der Waals surface area contributed by atoms with Crippen LogP contribution in [0.25, 0.3) is 0 Å². The van der Waals surface area contributed by atoms with Crippen LogP contribution in [0.3, 0.4) is 0 Å². The first-order valence-corrected chi connectivity index (χ1v) is 9.50. The quantitative estimate of drug-likeness (QED) is 0.538. The second kappa shape index (κ2) is 9.08. The Morgan fingerprint density at radius 2 is 2.00 bits per heavy atom. The lowest BCUT2D eigenvalue weighted by Gasteiger charge is -2.39. The van der Waals surface area contributed by atoms with E-state index in [-0.39, 0.29) is 23.3 Å². The summed E-state index contributed by atoms with van der Waals surface area (Å²) in [7, 11) is 3.18. The van der Waals surface area contributed by atoms with Gasteiger partial charge in [0.1, 0.15) is 0 Å². The number of allylic oxidation sites excluding steroid dienone is 2. The van der Waals surface area contributed by atoms with Gasteiger partial charge in [-0.1, -0.05) is 12.1 Å². The van der Waals surface area contributed by atoms with E-state index in [2.05, 4.69) is 11.0 Å². The SMILES string of the molecule is COc1ccc([C@H](C[N+](=O)[O-])[C@@H]2CCCC=C2N2CCOCC2)cc1OC. The molecule has 0 N–H and O–H groups in total. The van der Waals surface area contributed by atoms with Gasteiger partial charge in [0.05, 0.1) is 33.4 Å². The highest BCUT2D eigenvalue weighted by molar-refractivity contribution is 5.44. The van der Waals surface area contributed by atoms with Crippen LogP contribution >= 0.6 is 0 Å². The Labute approximate surface area is 160 Å². The molecule has 2 atom stereocenters. The topological polar surface area (TPSA) is 74.1 Å². The summed E-state index contributed by atoms with van der Waals surface area (Å²) in [5.41, 5.74) is 2.17. The first-order valence-electron chi connectivity index (χ1n) is 9.50. The molecule has 1 aliphatic carbocycles. The molecule has 1 fully saturated rings. The third kappa shape index (κ3) is 4.53. The second-order valence-electron chi connectivity index (χ2n) is 7.00. The van der Waals surface area contributed by atoms with Crippen molar-refractivity contribution in [3.63, 3.8) is 0 Å². The number of morpholine rings is 1. The molecular formula is C20H28N2O5. The Morgan fingerprint density at radius 1 is 1.26 bits per heavy atom. The highest BCUT2D eigenvalue weighted by atomic mass is 16.6. The Bertz CT molecular complexity index is 685. The number of methoxy groups -OCH3 is 2. The number of ether oxygens (including phenoxy) is 3. The minimum atomic E-state index is -0.201. The van der Waals surface area contributed by atoms with Gasteiger partial charge in [0.15, 0.2) is 11.5 Å². The number of hydrogen-bond donors (Lipinski definition) is 0. The smallest absolute Gasteiger partial charge is 0.211 e. The van der Waals surface area contributed by atoms with Crippen LogP contribution in [0.15, 0.2) is 30.0 Å². The molecule has 2 aliphatic rings. The molecule has 1 aliphatic heterocycles. The first kappa shape index (κ1) is 19.5. The summed E-state index contributed by atoms with van der Waals surface area (Å²) < 4.78 is 16.2. The van der Waals surface area contributed by atoms with Gasteiger partial charge in [-0.3, -0.25) is 10.1 Å². The van der Waals surface area contributed by atoms with Crippen LogP contribution in [-0.2, 0) is 4.74 Å². The first-order chi connectivity index (χ1) is 13.1. The van der Waals surface area contributed by atoms with E-state index >= 15 is 0 Å². The molecule has 0 saturated carbocycles. The second-order valence-corrected chi connectivity index (χ2v) is 7.00. The van der Waals surface area contributed by atoms with Crippen molar-refractivity contribution in [3.05, 3.63) is 45.6 Å². The van der Waals surface area contributed by atoms with Gasteiger partial charge >= 0.3 is 0 Å². The molecule has 0 radical (unpaired) electrons. The van der Waals surface area contributed by atoms with Crippen LogP contribution in [0.4, 0.5) is 0 Å². The maximum atomic E-state index is 11.5. The lowest BCUT2D eigenvalue weighted by molar-refractivity contribution is -0.484. The predicted molar refractivity (Wildman–Crippen MR) is 102 cm³/mol. The maximum absolute atomic E-state index is 11.5. The van der Waals surface area contributed by atoms with E-state index in [1.165, 1.54) is 5.70 Å². The van der Waals surface area contributed by atoms with Crippen molar-refractivity contribution in [2.45, 2.75) is 25.2 Å². The standard InChI is InChI=1S/C20H28N2O5/c1-25-19-8-7-15(13-20(19)26-2)17(14-22(23)24)16-5-3-4-6-18(16)21-9-11-27-12-10-21/h6-8,13,16-17H,3-5,9-12,14H2,1-2H3/t16-,17-/m0/s1. The Kier molecular flexibility index (Phi) is 6.55. The molecule has 27 heavy (non-hydrogen) atoms. The van der Waals surface area contributed by atoms with Gasteiger partial charge in [-0.05, 0) is 37.0 Å². The summed E-state index contributed by atoms with van der Waals surface area (Å²) in [4.78, 5) is 13.6. The maximum Gasteiger partial charge on any atom is 0.211 e. The summed E-state index contributed by atoms with van der Waals surface area (Å²) in [5, 5.41) is 11.5. The van der Waals surface area contributed by atoms with Crippen molar-refractivity contribution in [1.82, 2.24) is 4.90 Å². The number of rotatable bonds is 7. The minimum absolute atomic E-state index is 0.0954. The molecular weight excluding hydrogens is 348 g/mol. The van der Waals surface area contributed by atoms with Gasteiger partial charge in [-0.25, -0.2) is 0 Å². The number of hydrogen-bond acceptors (Lipinski definition) is 6. The molecule has 7 heteroatoms. The zero-order valence-electron chi connectivity index (χ0n) is 16.1. The lowest BCUT2D eigenvalue weighted by Crippen LogP contribution is -2.40. The van der Waals surface area contributed by atoms with E-state index in [4.69, 9.17) is 14.2 Å². The van der Waals surface area contributed by atoms with Crippen LogP contribution in [0.5, 0.6) is 11.5 Å². The number of nitro groups is 1. The third-order valence-electron chi connectivity index (χ3n) is 5.50. The third-order valence-corrected chi connectivity index (χ3v) is 5.50. The van der Waals surface area contributed by atoms with E-state index in [9.17, 15) is 10.1 Å². The summed E-state index contributed by atoms with van der Waals surface area (Å²) in [6.45, 7) is 3.02. The molecule has 1 aromatic rings. The zero-order valence-corrected chi connectivity index (χ0v) is 16.1. The van der Waals surface area contributed by atoms with Gasteiger partial charge in [0.2, 0.25) is 6.54 Å². The molecule has 1 aromatic carbocycles. The summed E-state index contributed by atoms with van der Waals surface area (Å²) in [6, 6.07) is 5.65. The fourth-order valence-electron chi connectivity index (χ4n) is 4.19. The summed E-state index contributed by atoms with van der Waals surface area (Å²) >= 11 is 0. The lowest BCUT2D eigenvalue weighted by atomic mass is 9.77. The van der Waals surface area contributed by atoms with Gasteiger partial charge in [0, 0.05) is 29.6 Å². The molecule has 0 spiro atoms. The largest absolute Gasteiger partial charge is 0.493 e. The normalized spacial score (nSPS) is 21.3. The average Bonchev–Trinajstić information content (AvgIpc) is 2.72. The van der Waals surface area contributed by atoms with E-state index < -0.39 is 0 Å². The highest BCUT2D eigenvalue weighted by Gasteiger charge is 2.35.